The van der Waals surface area contributed by atoms with Crippen molar-refractivity contribution in [3.63, 3.8) is 0 Å². The molecule has 0 radical (unpaired) electrons. The summed E-state index contributed by atoms with van der Waals surface area (Å²) in [5.74, 6) is 0.0718. The van der Waals surface area contributed by atoms with Crippen LogP contribution in [0.25, 0.3) is 0 Å². The zero-order valence-corrected chi connectivity index (χ0v) is 12.7. The van der Waals surface area contributed by atoms with Crippen molar-refractivity contribution in [3.05, 3.63) is 71.8 Å². The Bertz CT molecular complexity index is 710. The van der Waals surface area contributed by atoms with Crippen LogP contribution < -0.4 is 0 Å². The summed E-state index contributed by atoms with van der Waals surface area (Å²) in [5, 5.41) is 9.20. The van der Waals surface area contributed by atoms with Crippen molar-refractivity contribution in [3.8, 4) is 0 Å². The van der Waals surface area contributed by atoms with E-state index in [9.17, 15) is 4.79 Å². The zero-order valence-electron chi connectivity index (χ0n) is 12.7. The number of Topliss-reactive ketones (excluding diaryl/α,β-unsaturated/α-hetero) is 1. The number of fused-ring (bicyclic) bond motifs is 1. The summed E-state index contributed by atoms with van der Waals surface area (Å²) in [5.41, 5.74) is 1.02. The molecule has 0 amide bonds. The highest BCUT2D eigenvalue weighted by atomic mass is 16.1. The molecule has 110 valence electrons. The van der Waals surface area contributed by atoms with Gasteiger partial charge < -0.3 is 0 Å². The molecule has 3 nitrogen and oxygen atoms in total. The molecule has 0 bridgehead atoms. The fraction of sp³-hybridized carbons (Fsp3) is 0.316. The van der Waals surface area contributed by atoms with Gasteiger partial charge >= 0.3 is 0 Å². The molecule has 1 aliphatic carbocycles. The maximum absolute atomic E-state index is 12.8. The van der Waals surface area contributed by atoms with Crippen LogP contribution in [0.15, 0.2) is 70.9 Å². The Labute approximate surface area is 130 Å². The molecule has 3 heteroatoms. The summed E-state index contributed by atoms with van der Waals surface area (Å²) in [7, 11) is 0. The molecule has 2 atom stereocenters. The third kappa shape index (κ3) is 1.48. The molecule has 4 rings (SSSR count). The lowest BCUT2D eigenvalue weighted by atomic mass is 9.52. The van der Waals surface area contributed by atoms with Crippen molar-refractivity contribution in [2.45, 2.75) is 25.4 Å². The van der Waals surface area contributed by atoms with Crippen LogP contribution >= 0.6 is 0 Å². The highest BCUT2D eigenvalue weighted by Crippen LogP contribution is 2.59. The number of benzene rings is 2. The second kappa shape index (κ2) is 4.35. The van der Waals surface area contributed by atoms with Crippen molar-refractivity contribution < 1.29 is 4.79 Å². The van der Waals surface area contributed by atoms with Gasteiger partial charge in [0.2, 0.25) is 0 Å². The Hall–Kier alpha value is -2.29. The number of nitrogens with zero attached hydrogens (tertiary/aromatic N) is 2. The Kier molecular flexibility index (Phi) is 2.65. The monoisotopic (exact) mass is 290 g/mol. The lowest BCUT2D eigenvalue weighted by molar-refractivity contribution is -0.147. The predicted octanol–water partition coefficient (Wildman–Crippen LogP) is 3.99. The van der Waals surface area contributed by atoms with Crippen molar-refractivity contribution in [2.75, 3.05) is 0 Å². The van der Waals surface area contributed by atoms with Crippen LogP contribution in [0.1, 0.15) is 25.0 Å². The Morgan fingerprint density at radius 1 is 0.864 bits per heavy atom. The van der Waals surface area contributed by atoms with E-state index in [1.807, 2.05) is 74.5 Å². The van der Waals surface area contributed by atoms with Crippen LogP contribution in [-0.4, -0.2) is 11.8 Å². The highest BCUT2D eigenvalue weighted by molar-refractivity contribution is 5.97. The molecule has 1 fully saturated rings. The molecule has 2 unspecified atom stereocenters. The average Bonchev–Trinajstić information content (AvgIpc) is 2.96. The Balaban J connectivity index is 1.94. The van der Waals surface area contributed by atoms with Gasteiger partial charge in [0.25, 0.3) is 0 Å². The molecule has 0 spiro atoms. The van der Waals surface area contributed by atoms with E-state index in [1.54, 1.807) is 0 Å². The number of carbonyl (C=O) groups is 1. The Morgan fingerprint density at radius 3 is 1.86 bits per heavy atom. The van der Waals surface area contributed by atoms with E-state index in [1.165, 1.54) is 0 Å². The van der Waals surface area contributed by atoms with Crippen molar-refractivity contribution in [1.29, 1.82) is 0 Å². The van der Waals surface area contributed by atoms with Gasteiger partial charge in [-0.15, -0.1) is 0 Å². The number of rotatable bonds is 2. The Morgan fingerprint density at radius 2 is 1.36 bits per heavy atom. The summed E-state index contributed by atoms with van der Waals surface area (Å²) in [6.07, 6.45) is 0. The second-order valence-corrected chi connectivity index (χ2v) is 6.72. The molecular weight excluding hydrogens is 272 g/mol. The summed E-state index contributed by atoms with van der Waals surface area (Å²) < 4.78 is 0. The molecule has 0 N–H and O–H groups in total. The van der Waals surface area contributed by atoms with Crippen molar-refractivity contribution in [1.82, 2.24) is 0 Å². The van der Waals surface area contributed by atoms with Gasteiger partial charge in [0.05, 0.1) is 12.0 Å². The van der Waals surface area contributed by atoms with Crippen LogP contribution in [-0.2, 0) is 10.3 Å². The molecule has 0 aromatic heterocycles. The lowest BCUT2D eigenvalue weighted by Crippen LogP contribution is -2.62. The van der Waals surface area contributed by atoms with Gasteiger partial charge in [-0.05, 0) is 11.1 Å². The molecule has 0 saturated heterocycles. The van der Waals surface area contributed by atoms with Gasteiger partial charge in [0.15, 0.2) is 0 Å². The van der Waals surface area contributed by atoms with E-state index in [4.69, 9.17) is 0 Å². The number of ketones is 1. The SMILES string of the molecule is CC1(C)C(=O)C2C1N=NC2(c1ccccc1)c1ccccc1. The van der Waals surface area contributed by atoms with Crippen LogP contribution in [0.2, 0.25) is 0 Å². The highest BCUT2D eigenvalue weighted by Gasteiger charge is 2.68. The van der Waals surface area contributed by atoms with Crippen LogP contribution in [0.3, 0.4) is 0 Å². The van der Waals surface area contributed by atoms with Gasteiger partial charge in [-0.3, -0.25) is 4.79 Å². The fourth-order valence-electron chi connectivity index (χ4n) is 3.88. The average molecular weight is 290 g/mol. The van der Waals surface area contributed by atoms with E-state index in [0.29, 0.717) is 0 Å². The minimum Gasteiger partial charge on any atom is -0.298 e. The number of carbonyl (C=O) groups excluding carboxylic acids is 1. The van der Waals surface area contributed by atoms with Gasteiger partial charge in [0, 0.05) is 5.41 Å². The van der Waals surface area contributed by atoms with E-state index in [0.717, 1.165) is 11.1 Å². The molecule has 1 heterocycles. The van der Waals surface area contributed by atoms with Crippen molar-refractivity contribution >= 4 is 5.78 Å². The smallest absolute Gasteiger partial charge is 0.149 e. The molecule has 1 aliphatic heterocycles. The van der Waals surface area contributed by atoms with E-state index < -0.39 is 11.0 Å². The maximum atomic E-state index is 12.8. The number of hydrogen-bond acceptors (Lipinski definition) is 3. The van der Waals surface area contributed by atoms with Crippen molar-refractivity contribution in [2.24, 2.45) is 21.6 Å². The van der Waals surface area contributed by atoms with E-state index >= 15 is 0 Å². The third-order valence-corrected chi connectivity index (χ3v) is 5.19. The molecule has 2 aromatic rings. The first kappa shape index (κ1) is 13.4. The quantitative estimate of drug-likeness (QED) is 0.824. The largest absolute Gasteiger partial charge is 0.298 e. The first-order valence-electron chi connectivity index (χ1n) is 7.66. The second-order valence-electron chi connectivity index (χ2n) is 6.72. The fourth-order valence-corrected chi connectivity index (χ4v) is 3.88. The first-order valence-corrected chi connectivity index (χ1v) is 7.66. The predicted molar refractivity (Wildman–Crippen MR) is 84.6 cm³/mol. The van der Waals surface area contributed by atoms with Gasteiger partial charge in [0.1, 0.15) is 11.3 Å². The zero-order chi connectivity index (χ0) is 15.4. The minimum atomic E-state index is -0.667. The molecular formula is C19H18N2O. The third-order valence-electron chi connectivity index (χ3n) is 5.19. The van der Waals surface area contributed by atoms with Crippen LogP contribution in [0.5, 0.6) is 0 Å². The van der Waals surface area contributed by atoms with Crippen LogP contribution in [0, 0.1) is 11.3 Å². The van der Waals surface area contributed by atoms with Gasteiger partial charge in [-0.2, -0.15) is 10.2 Å². The van der Waals surface area contributed by atoms with Crippen LogP contribution in [0.4, 0.5) is 0 Å². The minimum absolute atomic E-state index is 0.0274. The molecule has 2 aliphatic rings. The number of hydrogen-bond donors (Lipinski definition) is 0. The molecule has 1 saturated carbocycles. The molecule has 2 aromatic carbocycles. The lowest BCUT2D eigenvalue weighted by Gasteiger charge is -2.48. The normalized spacial score (nSPS) is 27.3. The van der Waals surface area contributed by atoms with E-state index in [2.05, 4.69) is 10.2 Å². The van der Waals surface area contributed by atoms with Gasteiger partial charge in [-0.25, -0.2) is 0 Å². The first-order chi connectivity index (χ1) is 10.6. The standard InChI is InChI=1S/C19H18N2O/c1-18(2)16-15(17(18)22)19(21-20-16,13-9-5-3-6-10-13)14-11-7-4-8-12-14/h3-12,15-16H,1-2H3. The van der Waals surface area contributed by atoms with E-state index in [-0.39, 0.29) is 17.7 Å². The topological polar surface area (TPSA) is 41.8 Å². The molecule has 22 heavy (non-hydrogen) atoms. The van der Waals surface area contributed by atoms with Gasteiger partial charge in [-0.1, -0.05) is 74.5 Å². The maximum Gasteiger partial charge on any atom is 0.149 e. The summed E-state index contributed by atoms with van der Waals surface area (Å²) in [6, 6.07) is 20.1. The number of azo groups is 1. The summed E-state index contributed by atoms with van der Waals surface area (Å²) in [4.78, 5) is 12.8. The summed E-state index contributed by atoms with van der Waals surface area (Å²) in [6.45, 7) is 3.95. The summed E-state index contributed by atoms with van der Waals surface area (Å²) >= 11 is 0.